The maximum absolute atomic E-state index is 14.7. The van der Waals surface area contributed by atoms with Crippen molar-refractivity contribution in [2.45, 2.75) is 37.8 Å². The fraction of sp³-hybridized carbons (Fsp3) is 0.273. The Morgan fingerprint density at radius 1 is 1.00 bits per heavy atom. The zero-order valence-electron chi connectivity index (χ0n) is 16.9. The SMILES string of the molecule is NC1CCC(Nc2ncc(F)c(-c3cnc4ccc(Nc5cccnc5)cn34)n2)CC1. The Labute approximate surface area is 178 Å². The summed E-state index contributed by atoms with van der Waals surface area (Å²) in [4.78, 5) is 17.1. The van der Waals surface area contributed by atoms with E-state index in [2.05, 4.69) is 30.6 Å². The fourth-order valence-electron chi connectivity index (χ4n) is 3.90. The van der Waals surface area contributed by atoms with Gasteiger partial charge in [-0.2, -0.15) is 0 Å². The summed E-state index contributed by atoms with van der Waals surface area (Å²) in [5.74, 6) is -0.0832. The molecule has 9 heteroatoms. The predicted molar refractivity (Wildman–Crippen MR) is 118 cm³/mol. The summed E-state index contributed by atoms with van der Waals surface area (Å²) in [5.41, 5.74) is 9.12. The Kier molecular flexibility index (Phi) is 5.17. The molecule has 4 N–H and O–H groups in total. The number of aromatic nitrogens is 5. The lowest BCUT2D eigenvalue weighted by molar-refractivity contribution is 0.409. The van der Waals surface area contributed by atoms with Crippen molar-refractivity contribution >= 4 is 23.0 Å². The van der Waals surface area contributed by atoms with E-state index in [1.165, 1.54) is 6.20 Å². The lowest BCUT2D eigenvalue weighted by Crippen LogP contribution is -2.33. The molecule has 0 unspecified atom stereocenters. The van der Waals surface area contributed by atoms with Crippen molar-refractivity contribution in [3.05, 3.63) is 61.1 Å². The molecule has 31 heavy (non-hydrogen) atoms. The van der Waals surface area contributed by atoms with E-state index in [-0.39, 0.29) is 17.8 Å². The standard InChI is InChI=1S/C22H23FN8/c23-18-11-27-22(29-15-5-3-14(24)4-6-15)30-21(18)19-12-26-20-8-7-17(13-31(19)20)28-16-2-1-9-25-10-16/h1-2,7-15,28H,3-6,24H2,(H,27,29,30). The zero-order valence-corrected chi connectivity index (χ0v) is 16.9. The number of fused-ring (bicyclic) bond motifs is 1. The van der Waals surface area contributed by atoms with Gasteiger partial charge in [0.25, 0.3) is 0 Å². The van der Waals surface area contributed by atoms with Crippen molar-refractivity contribution < 1.29 is 4.39 Å². The number of nitrogens with one attached hydrogen (secondary N) is 2. The molecule has 0 radical (unpaired) electrons. The van der Waals surface area contributed by atoms with E-state index < -0.39 is 5.82 Å². The third kappa shape index (κ3) is 4.17. The quantitative estimate of drug-likeness (QED) is 0.453. The van der Waals surface area contributed by atoms with Crippen LogP contribution < -0.4 is 16.4 Å². The summed E-state index contributed by atoms with van der Waals surface area (Å²) in [6.07, 6.45) is 12.0. The summed E-state index contributed by atoms with van der Waals surface area (Å²) in [6, 6.07) is 8.06. The lowest BCUT2D eigenvalue weighted by atomic mass is 9.92. The highest BCUT2D eigenvalue weighted by atomic mass is 19.1. The van der Waals surface area contributed by atoms with Gasteiger partial charge in [0, 0.05) is 24.5 Å². The minimum atomic E-state index is -0.497. The second-order valence-electron chi connectivity index (χ2n) is 7.80. The molecule has 0 atom stereocenters. The van der Waals surface area contributed by atoms with Crippen LogP contribution in [-0.2, 0) is 0 Å². The first-order valence-corrected chi connectivity index (χ1v) is 10.3. The maximum atomic E-state index is 14.7. The first-order valence-electron chi connectivity index (χ1n) is 10.3. The minimum absolute atomic E-state index is 0.205. The molecule has 1 saturated carbocycles. The molecule has 1 aliphatic carbocycles. The molecule has 158 valence electrons. The number of pyridine rings is 2. The van der Waals surface area contributed by atoms with E-state index in [0.29, 0.717) is 17.3 Å². The second kappa shape index (κ2) is 8.27. The van der Waals surface area contributed by atoms with Crippen LogP contribution in [0.15, 0.2) is 55.2 Å². The van der Waals surface area contributed by atoms with Gasteiger partial charge in [0.1, 0.15) is 11.3 Å². The largest absolute Gasteiger partial charge is 0.353 e. The molecule has 5 rings (SSSR count). The van der Waals surface area contributed by atoms with Crippen LogP contribution in [0.4, 0.5) is 21.7 Å². The van der Waals surface area contributed by atoms with Gasteiger partial charge in [0.2, 0.25) is 5.95 Å². The molecule has 1 fully saturated rings. The maximum Gasteiger partial charge on any atom is 0.223 e. The van der Waals surface area contributed by atoms with Crippen molar-refractivity contribution in [2.24, 2.45) is 5.73 Å². The number of anilines is 3. The predicted octanol–water partition coefficient (Wildman–Crippen LogP) is 3.75. The molecule has 0 aromatic carbocycles. The molecule has 4 aromatic heterocycles. The molecule has 4 heterocycles. The number of hydrogen-bond donors (Lipinski definition) is 3. The average molecular weight is 418 g/mol. The monoisotopic (exact) mass is 418 g/mol. The summed E-state index contributed by atoms with van der Waals surface area (Å²) in [7, 11) is 0. The first-order chi connectivity index (χ1) is 15.2. The van der Waals surface area contributed by atoms with E-state index >= 15 is 0 Å². The third-order valence-electron chi connectivity index (χ3n) is 5.55. The molecule has 0 amide bonds. The van der Waals surface area contributed by atoms with Crippen molar-refractivity contribution in [3.8, 4) is 11.4 Å². The van der Waals surface area contributed by atoms with Crippen LogP contribution in [-0.4, -0.2) is 36.4 Å². The van der Waals surface area contributed by atoms with Crippen molar-refractivity contribution in [2.75, 3.05) is 10.6 Å². The second-order valence-corrected chi connectivity index (χ2v) is 7.80. The Morgan fingerprint density at radius 2 is 1.87 bits per heavy atom. The van der Waals surface area contributed by atoms with E-state index in [1.807, 2.05) is 34.9 Å². The number of halogens is 1. The minimum Gasteiger partial charge on any atom is -0.353 e. The Balaban J connectivity index is 1.45. The van der Waals surface area contributed by atoms with Crippen molar-refractivity contribution in [1.82, 2.24) is 24.3 Å². The molecular weight excluding hydrogens is 395 g/mol. The molecule has 0 spiro atoms. The number of nitrogens with two attached hydrogens (primary N) is 1. The molecule has 8 nitrogen and oxygen atoms in total. The summed E-state index contributed by atoms with van der Waals surface area (Å²) >= 11 is 0. The van der Waals surface area contributed by atoms with Gasteiger partial charge in [-0.25, -0.2) is 19.3 Å². The molecule has 0 saturated heterocycles. The normalized spacial score (nSPS) is 18.8. The summed E-state index contributed by atoms with van der Waals surface area (Å²) in [6.45, 7) is 0. The van der Waals surface area contributed by atoms with E-state index in [9.17, 15) is 4.39 Å². The fourth-order valence-corrected chi connectivity index (χ4v) is 3.90. The van der Waals surface area contributed by atoms with Crippen molar-refractivity contribution in [3.63, 3.8) is 0 Å². The summed E-state index contributed by atoms with van der Waals surface area (Å²) < 4.78 is 16.5. The zero-order chi connectivity index (χ0) is 21.2. The number of nitrogens with zero attached hydrogens (tertiary/aromatic N) is 5. The van der Waals surface area contributed by atoms with Gasteiger partial charge >= 0.3 is 0 Å². The molecule has 4 aromatic rings. The van der Waals surface area contributed by atoms with E-state index in [4.69, 9.17) is 5.73 Å². The number of rotatable bonds is 5. The Bertz CT molecular complexity index is 1180. The molecule has 1 aliphatic rings. The van der Waals surface area contributed by atoms with Crippen LogP contribution in [0.1, 0.15) is 25.7 Å². The van der Waals surface area contributed by atoms with Crippen LogP contribution in [0.2, 0.25) is 0 Å². The Hall–Kier alpha value is -3.59. The third-order valence-corrected chi connectivity index (χ3v) is 5.55. The highest BCUT2D eigenvalue weighted by Gasteiger charge is 2.20. The first kappa shape index (κ1) is 19.4. The molecular formula is C22H23FN8. The van der Waals surface area contributed by atoms with Crippen LogP contribution in [0.5, 0.6) is 0 Å². The molecule has 0 aliphatic heterocycles. The van der Waals surface area contributed by atoms with Gasteiger partial charge < -0.3 is 16.4 Å². The highest BCUT2D eigenvalue weighted by molar-refractivity contribution is 5.66. The van der Waals surface area contributed by atoms with Gasteiger partial charge in [-0.15, -0.1) is 0 Å². The molecule has 0 bridgehead atoms. The van der Waals surface area contributed by atoms with Crippen LogP contribution in [0.25, 0.3) is 17.0 Å². The summed E-state index contributed by atoms with van der Waals surface area (Å²) in [5, 5.41) is 6.62. The average Bonchev–Trinajstić information content (AvgIpc) is 3.20. The van der Waals surface area contributed by atoms with Gasteiger partial charge in [-0.3, -0.25) is 9.38 Å². The van der Waals surface area contributed by atoms with Crippen molar-refractivity contribution in [1.29, 1.82) is 0 Å². The number of imidazole rings is 1. The number of hydrogen-bond acceptors (Lipinski definition) is 7. The van der Waals surface area contributed by atoms with Gasteiger partial charge in [0.05, 0.1) is 35.7 Å². The smallest absolute Gasteiger partial charge is 0.223 e. The van der Waals surface area contributed by atoms with Crippen LogP contribution >= 0.6 is 0 Å². The van der Waals surface area contributed by atoms with Gasteiger partial charge in [0.15, 0.2) is 5.82 Å². The van der Waals surface area contributed by atoms with Crippen LogP contribution in [0.3, 0.4) is 0 Å². The van der Waals surface area contributed by atoms with E-state index in [1.54, 1.807) is 18.6 Å². The lowest BCUT2D eigenvalue weighted by Gasteiger charge is -2.26. The highest BCUT2D eigenvalue weighted by Crippen LogP contribution is 2.26. The van der Waals surface area contributed by atoms with Crippen LogP contribution in [0, 0.1) is 5.82 Å². The van der Waals surface area contributed by atoms with E-state index in [0.717, 1.165) is 37.1 Å². The van der Waals surface area contributed by atoms with Gasteiger partial charge in [-0.05, 0) is 49.9 Å². The Morgan fingerprint density at radius 3 is 2.68 bits per heavy atom. The topological polar surface area (TPSA) is 106 Å². The van der Waals surface area contributed by atoms with Gasteiger partial charge in [-0.1, -0.05) is 0 Å².